The summed E-state index contributed by atoms with van der Waals surface area (Å²) in [6, 6.07) is 0. The van der Waals surface area contributed by atoms with E-state index in [9.17, 15) is 0 Å². The van der Waals surface area contributed by atoms with E-state index >= 15 is 0 Å². The lowest BCUT2D eigenvalue weighted by atomic mass is 9.89. The Morgan fingerprint density at radius 1 is 1.18 bits per heavy atom. The molecule has 3 heteroatoms. The Labute approximate surface area is 103 Å². The van der Waals surface area contributed by atoms with Crippen LogP contribution < -0.4 is 5.32 Å². The Bertz CT molecular complexity index is 349. The zero-order valence-corrected chi connectivity index (χ0v) is 10.5. The van der Waals surface area contributed by atoms with Crippen LogP contribution in [0.25, 0.3) is 0 Å². The number of nitrogens with one attached hydrogen (secondary N) is 1. The largest absolute Gasteiger partial charge is 0.361 e. The molecule has 1 N–H and O–H groups in total. The highest BCUT2D eigenvalue weighted by atomic mass is 16.5. The van der Waals surface area contributed by atoms with Crippen molar-refractivity contribution in [2.75, 3.05) is 13.1 Å². The minimum atomic E-state index is 0.734. The summed E-state index contributed by atoms with van der Waals surface area (Å²) in [5.74, 6) is 2.71. The van der Waals surface area contributed by atoms with E-state index in [2.05, 4.69) is 10.5 Å². The smallest absolute Gasteiger partial charge is 0.140 e. The van der Waals surface area contributed by atoms with Crippen LogP contribution in [0, 0.1) is 5.92 Å². The zero-order chi connectivity index (χ0) is 11.5. The molecule has 1 saturated carbocycles. The molecule has 3 rings (SSSR count). The van der Waals surface area contributed by atoms with Crippen molar-refractivity contribution in [3.8, 4) is 0 Å². The highest BCUT2D eigenvalue weighted by Crippen LogP contribution is 2.36. The maximum Gasteiger partial charge on any atom is 0.140 e. The summed E-state index contributed by atoms with van der Waals surface area (Å²) >= 11 is 0. The molecule has 0 aromatic carbocycles. The molecule has 0 unspecified atom stereocenters. The van der Waals surface area contributed by atoms with Crippen molar-refractivity contribution in [1.82, 2.24) is 10.5 Å². The number of piperidine rings is 1. The first-order chi connectivity index (χ1) is 8.43. The fourth-order valence-electron chi connectivity index (χ4n) is 3.34. The fraction of sp³-hybridized carbons (Fsp3) is 0.786. The number of rotatable bonds is 3. The Morgan fingerprint density at radius 3 is 2.71 bits per heavy atom. The quantitative estimate of drug-likeness (QED) is 0.874. The number of aromatic nitrogens is 1. The van der Waals surface area contributed by atoms with Crippen molar-refractivity contribution in [2.45, 2.75) is 50.9 Å². The van der Waals surface area contributed by atoms with E-state index in [-0.39, 0.29) is 0 Å². The lowest BCUT2D eigenvalue weighted by Gasteiger charge is -2.22. The van der Waals surface area contributed by atoms with Gasteiger partial charge in [0.15, 0.2) is 0 Å². The SMILES string of the molecule is c1noc(CC2CCNCC2)c1C1CCCC1. The first-order valence-corrected chi connectivity index (χ1v) is 7.07. The molecule has 0 bridgehead atoms. The van der Waals surface area contributed by atoms with Gasteiger partial charge >= 0.3 is 0 Å². The topological polar surface area (TPSA) is 38.1 Å². The molecule has 0 radical (unpaired) electrons. The molecule has 17 heavy (non-hydrogen) atoms. The number of hydrogen-bond acceptors (Lipinski definition) is 3. The molecule has 1 aliphatic carbocycles. The van der Waals surface area contributed by atoms with Crippen molar-refractivity contribution >= 4 is 0 Å². The monoisotopic (exact) mass is 234 g/mol. The molecule has 2 fully saturated rings. The average Bonchev–Trinajstić information content (AvgIpc) is 3.00. The Balaban J connectivity index is 1.67. The van der Waals surface area contributed by atoms with Gasteiger partial charge in [0.2, 0.25) is 0 Å². The van der Waals surface area contributed by atoms with Crippen LogP contribution in [0.5, 0.6) is 0 Å². The van der Waals surface area contributed by atoms with Crippen LogP contribution in [0.15, 0.2) is 10.7 Å². The van der Waals surface area contributed by atoms with Crippen molar-refractivity contribution in [2.24, 2.45) is 5.92 Å². The summed E-state index contributed by atoms with van der Waals surface area (Å²) in [5.41, 5.74) is 1.42. The lowest BCUT2D eigenvalue weighted by molar-refractivity contribution is 0.316. The normalized spacial score (nSPS) is 23.3. The maximum absolute atomic E-state index is 5.51. The van der Waals surface area contributed by atoms with E-state index in [0.717, 1.165) is 31.3 Å². The average molecular weight is 234 g/mol. The van der Waals surface area contributed by atoms with Gasteiger partial charge in [-0.25, -0.2) is 0 Å². The first-order valence-electron chi connectivity index (χ1n) is 7.07. The first kappa shape index (κ1) is 11.3. The van der Waals surface area contributed by atoms with Crippen LogP contribution in [0.2, 0.25) is 0 Å². The molecular formula is C14H22N2O. The zero-order valence-electron chi connectivity index (χ0n) is 10.5. The van der Waals surface area contributed by atoms with Gasteiger partial charge < -0.3 is 9.84 Å². The summed E-state index contributed by atoms with van der Waals surface area (Å²) in [7, 11) is 0. The van der Waals surface area contributed by atoms with E-state index < -0.39 is 0 Å². The third kappa shape index (κ3) is 2.54. The molecule has 2 aliphatic rings. The van der Waals surface area contributed by atoms with Gasteiger partial charge in [0, 0.05) is 12.0 Å². The molecule has 2 heterocycles. The summed E-state index contributed by atoms with van der Waals surface area (Å²) in [6.07, 6.45) is 11.1. The van der Waals surface area contributed by atoms with Crippen LogP contribution in [0.4, 0.5) is 0 Å². The summed E-state index contributed by atoms with van der Waals surface area (Å²) in [5, 5.41) is 7.46. The molecule has 94 valence electrons. The second-order valence-corrected chi connectivity index (χ2v) is 5.58. The minimum Gasteiger partial charge on any atom is -0.361 e. The molecule has 1 aromatic rings. The van der Waals surface area contributed by atoms with Gasteiger partial charge in [-0.15, -0.1) is 0 Å². The third-order valence-electron chi connectivity index (χ3n) is 4.40. The van der Waals surface area contributed by atoms with Gasteiger partial charge in [-0.1, -0.05) is 18.0 Å². The molecule has 0 amide bonds. The summed E-state index contributed by atoms with van der Waals surface area (Å²) in [4.78, 5) is 0. The minimum absolute atomic E-state index is 0.734. The third-order valence-corrected chi connectivity index (χ3v) is 4.40. The van der Waals surface area contributed by atoms with Crippen LogP contribution in [0.3, 0.4) is 0 Å². The Kier molecular flexibility index (Phi) is 3.46. The van der Waals surface area contributed by atoms with E-state index in [0.29, 0.717) is 0 Å². The molecule has 1 aliphatic heterocycles. The molecule has 1 saturated heterocycles. The lowest BCUT2D eigenvalue weighted by Crippen LogP contribution is -2.28. The van der Waals surface area contributed by atoms with Crippen LogP contribution in [-0.4, -0.2) is 18.2 Å². The van der Waals surface area contributed by atoms with Gasteiger partial charge in [0.25, 0.3) is 0 Å². The standard InChI is InChI=1S/C14H22N2O/c1-2-4-12(3-1)13-10-16-17-14(13)9-11-5-7-15-8-6-11/h10-12,15H,1-9H2. The second kappa shape index (κ2) is 5.21. The molecule has 3 nitrogen and oxygen atoms in total. The van der Waals surface area contributed by atoms with E-state index in [1.54, 1.807) is 0 Å². The van der Waals surface area contributed by atoms with Crippen molar-refractivity contribution in [3.63, 3.8) is 0 Å². The highest BCUT2D eigenvalue weighted by Gasteiger charge is 2.24. The van der Waals surface area contributed by atoms with Crippen LogP contribution in [-0.2, 0) is 6.42 Å². The number of hydrogen-bond donors (Lipinski definition) is 1. The predicted octanol–water partition coefficient (Wildman–Crippen LogP) is 2.87. The summed E-state index contributed by atoms with van der Waals surface area (Å²) < 4.78 is 5.51. The van der Waals surface area contributed by atoms with Crippen molar-refractivity contribution in [1.29, 1.82) is 0 Å². The summed E-state index contributed by atoms with van der Waals surface area (Å²) in [6.45, 7) is 2.33. The highest BCUT2D eigenvalue weighted by molar-refractivity contribution is 5.20. The van der Waals surface area contributed by atoms with Crippen LogP contribution >= 0.6 is 0 Å². The van der Waals surface area contributed by atoms with Gasteiger partial charge in [-0.3, -0.25) is 0 Å². The molecule has 0 atom stereocenters. The molecular weight excluding hydrogens is 212 g/mol. The van der Waals surface area contributed by atoms with E-state index in [1.165, 1.54) is 49.8 Å². The maximum atomic E-state index is 5.51. The van der Waals surface area contributed by atoms with Crippen molar-refractivity contribution < 1.29 is 4.52 Å². The van der Waals surface area contributed by atoms with Gasteiger partial charge in [0.05, 0.1) is 6.20 Å². The van der Waals surface area contributed by atoms with E-state index in [1.807, 2.05) is 6.20 Å². The van der Waals surface area contributed by atoms with Crippen LogP contribution in [0.1, 0.15) is 55.8 Å². The van der Waals surface area contributed by atoms with E-state index in [4.69, 9.17) is 4.52 Å². The van der Waals surface area contributed by atoms with Crippen molar-refractivity contribution in [3.05, 3.63) is 17.5 Å². The van der Waals surface area contributed by atoms with Gasteiger partial charge in [-0.05, 0) is 50.6 Å². The van der Waals surface area contributed by atoms with Gasteiger partial charge in [-0.2, -0.15) is 0 Å². The Hall–Kier alpha value is -0.830. The molecule has 1 aromatic heterocycles. The predicted molar refractivity (Wildman–Crippen MR) is 67.0 cm³/mol. The molecule has 0 spiro atoms. The second-order valence-electron chi connectivity index (χ2n) is 5.58. The Morgan fingerprint density at radius 2 is 1.94 bits per heavy atom. The fourth-order valence-corrected chi connectivity index (χ4v) is 3.34. The number of nitrogens with zero attached hydrogens (tertiary/aromatic N) is 1. The van der Waals surface area contributed by atoms with Gasteiger partial charge in [0.1, 0.15) is 5.76 Å².